The van der Waals surface area contributed by atoms with Gasteiger partial charge in [0.15, 0.2) is 0 Å². The minimum atomic E-state index is -0.935. The fraction of sp³-hybridized carbons (Fsp3) is 0.400. The smallest absolute Gasteiger partial charge is 0.318 e. The molecule has 0 unspecified atom stereocenters. The summed E-state index contributed by atoms with van der Waals surface area (Å²) in [5.74, 6) is -0.298. The first-order valence-corrected chi connectivity index (χ1v) is 10.9. The van der Waals surface area contributed by atoms with E-state index in [0.29, 0.717) is 18.5 Å². The maximum absolute atomic E-state index is 12.8. The minimum Gasteiger partial charge on any atom is -0.326 e. The summed E-state index contributed by atoms with van der Waals surface area (Å²) in [4.78, 5) is 40.7. The fourth-order valence-electron chi connectivity index (χ4n) is 4.44. The van der Waals surface area contributed by atoms with Gasteiger partial charge in [-0.15, -0.1) is 0 Å². The predicted octanol–water partition coefficient (Wildman–Crippen LogP) is 3.24. The molecule has 7 heteroatoms. The largest absolute Gasteiger partial charge is 0.326 e. The first-order valence-electron chi connectivity index (χ1n) is 10.9. The molecule has 1 fully saturated rings. The molecular formula is C25H32N4O3. The lowest BCUT2D eigenvalue weighted by atomic mass is 9.69. The van der Waals surface area contributed by atoms with Gasteiger partial charge in [0.25, 0.3) is 0 Å². The van der Waals surface area contributed by atoms with Crippen LogP contribution in [0.15, 0.2) is 60.7 Å². The molecular weight excluding hydrogens is 404 g/mol. The van der Waals surface area contributed by atoms with Gasteiger partial charge < -0.3 is 20.3 Å². The second kappa shape index (κ2) is 9.96. The Kier molecular flexibility index (Phi) is 7.30. The van der Waals surface area contributed by atoms with Crippen LogP contribution in [-0.2, 0) is 15.1 Å². The summed E-state index contributed by atoms with van der Waals surface area (Å²) >= 11 is 0. The molecule has 0 spiro atoms. The van der Waals surface area contributed by atoms with E-state index in [9.17, 15) is 14.4 Å². The van der Waals surface area contributed by atoms with Crippen LogP contribution in [-0.4, -0.2) is 61.3 Å². The van der Waals surface area contributed by atoms with Crippen molar-refractivity contribution in [1.29, 1.82) is 0 Å². The number of aldehydes is 1. The summed E-state index contributed by atoms with van der Waals surface area (Å²) in [5.41, 5.74) is 0.768. The highest BCUT2D eigenvalue weighted by Crippen LogP contribution is 2.44. The van der Waals surface area contributed by atoms with Crippen LogP contribution in [0, 0.1) is 0 Å². The third-order valence-corrected chi connectivity index (χ3v) is 6.50. The van der Waals surface area contributed by atoms with Crippen molar-refractivity contribution in [1.82, 2.24) is 15.1 Å². The molecule has 0 bridgehead atoms. The summed E-state index contributed by atoms with van der Waals surface area (Å²) < 4.78 is 0. The van der Waals surface area contributed by atoms with Crippen LogP contribution in [0.4, 0.5) is 10.5 Å². The monoisotopic (exact) mass is 436 g/mol. The molecule has 2 N–H and O–H groups in total. The van der Waals surface area contributed by atoms with E-state index < -0.39 is 11.6 Å². The van der Waals surface area contributed by atoms with Crippen LogP contribution in [0.3, 0.4) is 0 Å². The Hall–Kier alpha value is -3.19. The molecule has 7 nitrogen and oxygen atoms in total. The van der Waals surface area contributed by atoms with Gasteiger partial charge in [-0.25, -0.2) is 4.79 Å². The van der Waals surface area contributed by atoms with E-state index in [1.54, 1.807) is 19.2 Å². The molecule has 0 aliphatic heterocycles. The molecule has 0 aromatic heterocycles. The molecule has 1 saturated carbocycles. The van der Waals surface area contributed by atoms with Crippen molar-refractivity contribution in [2.45, 2.75) is 36.8 Å². The third kappa shape index (κ3) is 5.16. The summed E-state index contributed by atoms with van der Waals surface area (Å²) in [5, 5.41) is 5.66. The minimum absolute atomic E-state index is 0.110. The molecule has 0 atom stereocenters. The van der Waals surface area contributed by atoms with Crippen LogP contribution in [0.1, 0.15) is 31.2 Å². The number of hydrogen-bond donors (Lipinski definition) is 2. The topological polar surface area (TPSA) is 81.8 Å². The van der Waals surface area contributed by atoms with Gasteiger partial charge in [-0.2, -0.15) is 0 Å². The highest BCUT2D eigenvalue weighted by Gasteiger charge is 2.46. The molecule has 170 valence electrons. The number of amides is 3. The summed E-state index contributed by atoms with van der Waals surface area (Å²) in [7, 11) is 5.66. The molecule has 1 aliphatic carbocycles. The van der Waals surface area contributed by atoms with Crippen molar-refractivity contribution in [3.8, 4) is 0 Å². The number of hydrogen-bond acceptors (Lipinski definition) is 4. The fourth-order valence-corrected chi connectivity index (χ4v) is 4.44. The molecule has 0 heterocycles. The molecule has 3 rings (SSSR count). The second-order valence-corrected chi connectivity index (χ2v) is 8.77. The average Bonchev–Trinajstić information content (AvgIpc) is 2.80. The highest BCUT2D eigenvalue weighted by molar-refractivity contribution is 5.94. The van der Waals surface area contributed by atoms with E-state index in [1.165, 1.54) is 10.5 Å². The van der Waals surface area contributed by atoms with Crippen LogP contribution in [0.25, 0.3) is 0 Å². The second-order valence-electron chi connectivity index (χ2n) is 8.77. The van der Waals surface area contributed by atoms with E-state index in [-0.39, 0.29) is 18.0 Å². The van der Waals surface area contributed by atoms with Gasteiger partial charge in [0.1, 0.15) is 12.8 Å². The number of para-hydroxylation sites is 1. The number of rotatable bonds is 7. The molecule has 1 aliphatic rings. The Labute approximate surface area is 189 Å². The normalized spacial score (nSPS) is 22.8. The van der Waals surface area contributed by atoms with Crippen LogP contribution >= 0.6 is 0 Å². The Morgan fingerprint density at radius 2 is 1.47 bits per heavy atom. The predicted molar refractivity (Wildman–Crippen MR) is 125 cm³/mol. The standard InChI is InChI=1S/C25H32N4O3/c1-28(2)25(20-10-6-4-7-11-20)16-14-24(19-30,15-17-25)27-23(32)29(3)18-22(31)26-21-12-8-5-9-13-21/h4-13,19H,14-18H2,1-3H3,(H,26,31)(H,27,32). The molecule has 0 radical (unpaired) electrons. The molecule has 3 amide bonds. The first kappa shape index (κ1) is 23.5. The number of urea groups is 1. The number of benzene rings is 2. The maximum atomic E-state index is 12.8. The Balaban J connectivity index is 1.62. The van der Waals surface area contributed by atoms with Crippen molar-refractivity contribution in [3.05, 3.63) is 66.2 Å². The lowest BCUT2D eigenvalue weighted by Gasteiger charge is -2.48. The third-order valence-electron chi connectivity index (χ3n) is 6.50. The van der Waals surface area contributed by atoms with Crippen molar-refractivity contribution in [3.63, 3.8) is 0 Å². The SMILES string of the molecule is CN(CC(=O)Nc1ccccc1)C(=O)NC1(C=O)CCC(c2ccccc2)(N(C)C)CC1. The van der Waals surface area contributed by atoms with E-state index in [1.807, 2.05) is 36.4 Å². The van der Waals surface area contributed by atoms with Crippen LogP contribution in [0.2, 0.25) is 0 Å². The lowest BCUT2D eigenvalue weighted by Crippen LogP contribution is -2.59. The van der Waals surface area contributed by atoms with Gasteiger partial charge in [0.05, 0.1) is 5.54 Å². The first-order chi connectivity index (χ1) is 15.3. The quantitative estimate of drug-likeness (QED) is 0.653. The molecule has 0 saturated heterocycles. The van der Waals surface area contributed by atoms with Gasteiger partial charge in [0.2, 0.25) is 5.91 Å². The van der Waals surface area contributed by atoms with Crippen LogP contribution < -0.4 is 10.6 Å². The van der Waals surface area contributed by atoms with E-state index in [4.69, 9.17) is 0 Å². The summed E-state index contributed by atoms with van der Waals surface area (Å²) in [6.07, 6.45) is 3.38. The van der Waals surface area contributed by atoms with Gasteiger partial charge in [-0.3, -0.25) is 9.69 Å². The number of nitrogens with zero attached hydrogens (tertiary/aromatic N) is 2. The van der Waals surface area contributed by atoms with Crippen LogP contribution in [0.5, 0.6) is 0 Å². The van der Waals surface area contributed by atoms with E-state index in [0.717, 1.165) is 19.1 Å². The van der Waals surface area contributed by atoms with Gasteiger partial charge in [-0.05, 0) is 57.5 Å². The number of nitrogens with one attached hydrogen (secondary N) is 2. The Morgan fingerprint density at radius 3 is 2.00 bits per heavy atom. The van der Waals surface area contributed by atoms with Crippen molar-refractivity contribution >= 4 is 23.9 Å². The highest BCUT2D eigenvalue weighted by atomic mass is 16.2. The number of carbonyl (C=O) groups excluding carboxylic acids is 3. The Bertz CT molecular complexity index is 923. The van der Waals surface area contributed by atoms with Gasteiger partial charge >= 0.3 is 6.03 Å². The van der Waals surface area contributed by atoms with E-state index in [2.05, 4.69) is 41.8 Å². The number of likely N-dealkylation sites (N-methyl/N-ethyl adjacent to an activating group) is 1. The zero-order valence-corrected chi connectivity index (χ0v) is 19.0. The average molecular weight is 437 g/mol. The van der Waals surface area contributed by atoms with Gasteiger partial charge in [0, 0.05) is 18.3 Å². The number of anilines is 1. The lowest BCUT2D eigenvalue weighted by molar-refractivity contribution is -0.116. The summed E-state index contributed by atoms with van der Waals surface area (Å²) in [6, 6.07) is 18.9. The van der Waals surface area contributed by atoms with E-state index >= 15 is 0 Å². The zero-order chi connectivity index (χ0) is 23.2. The molecule has 2 aromatic rings. The zero-order valence-electron chi connectivity index (χ0n) is 19.0. The number of carbonyl (C=O) groups is 3. The van der Waals surface area contributed by atoms with Crippen molar-refractivity contribution < 1.29 is 14.4 Å². The molecule has 2 aromatic carbocycles. The maximum Gasteiger partial charge on any atom is 0.318 e. The van der Waals surface area contributed by atoms with Gasteiger partial charge in [-0.1, -0.05) is 48.5 Å². The molecule has 32 heavy (non-hydrogen) atoms. The Morgan fingerprint density at radius 1 is 0.906 bits per heavy atom. The van der Waals surface area contributed by atoms with Crippen molar-refractivity contribution in [2.24, 2.45) is 0 Å². The summed E-state index contributed by atoms with van der Waals surface area (Å²) in [6.45, 7) is -0.110. The van der Waals surface area contributed by atoms with Crippen molar-refractivity contribution in [2.75, 3.05) is 33.0 Å².